The van der Waals surface area contributed by atoms with Crippen LogP contribution in [0.3, 0.4) is 0 Å². The van der Waals surface area contributed by atoms with Gasteiger partial charge in [0.15, 0.2) is 0 Å². The molecule has 198 valence electrons. The van der Waals surface area contributed by atoms with Gasteiger partial charge in [-0.2, -0.15) is 5.26 Å². The molecule has 12 nitrogen and oxygen atoms in total. The maximum atomic E-state index is 10.1. The third-order valence-electron chi connectivity index (χ3n) is 4.93. The molecular weight excluding hydrogens is 468 g/mol. The van der Waals surface area contributed by atoms with Crippen LogP contribution in [0.4, 0.5) is 0 Å². The number of aliphatic imine (C=N–C) groups is 2. The fraction of sp³-hybridized carbons (Fsp3) is 0.750. The first-order chi connectivity index (χ1) is 17.8. The number of hydrogen-bond donors (Lipinski definition) is 0. The van der Waals surface area contributed by atoms with Crippen molar-refractivity contribution in [3.8, 4) is 24.3 Å². The summed E-state index contributed by atoms with van der Waals surface area (Å²) >= 11 is 0. The summed E-state index contributed by atoms with van der Waals surface area (Å²) in [4.78, 5) is 39.9. The molecule has 0 aliphatic rings. The van der Waals surface area contributed by atoms with Crippen molar-refractivity contribution >= 4 is 12.2 Å². The van der Waals surface area contributed by atoms with E-state index in [0.29, 0.717) is 39.5 Å². The molecule has 0 spiro atoms. The molecule has 0 saturated carbocycles. The standard InChI is InChI=1S/C24H36N6O6/c25-19-33-15-9-5-6-12-18-36-24-29-22(34-16-10-3-1-7-13-26-20-31)28-23(30-24)35-17-11-4-2-8-14-27-21-32/h1-18H2. The predicted molar refractivity (Wildman–Crippen MR) is 129 cm³/mol. The van der Waals surface area contributed by atoms with Gasteiger partial charge < -0.3 is 18.9 Å². The van der Waals surface area contributed by atoms with E-state index in [0.717, 1.165) is 77.0 Å². The molecule has 1 aromatic heterocycles. The van der Waals surface area contributed by atoms with E-state index < -0.39 is 0 Å². The van der Waals surface area contributed by atoms with E-state index in [1.807, 2.05) is 0 Å². The average molecular weight is 505 g/mol. The van der Waals surface area contributed by atoms with Crippen LogP contribution in [0.5, 0.6) is 18.0 Å². The lowest BCUT2D eigenvalue weighted by Gasteiger charge is -2.10. The number of nitriles is 1. The summed E-state index contributed by atoms with van der Waals surface area (Å²) in [5.74, 6) is 0. The molecule has 0 aromatic carbocycles. The molecule has 0 atom stereocenters. The van der Waals surface area contributed by atoms with Gasteiger partial charge in [-0.1, -0.05) is 12.8 Å². The van der Waals surface area contributed by atoms with E-state index in [1.165, 1.54) is 12.2 Å². The van der Waals surface area contributed by atoms with Crippen LogP contribution in [0.15, 0.2) is 9.98 Å². The molecule has 0 unspecified atom stereocenters. The Morgan fingerprint density at radius 1 is 0.556 bits per heavy atom. The Kier molecular flexibility index (Phi) is 19.7. The van der Waals surface area contributed by atoms with Gasteiger partial charge in [-0.05, 0) is 64.2 Å². The molecule has 0 amide bonds. The Labute approximate surface area is 212 Å². The van der Waals surface area contributed by atoms with Crippen molar-refractivity contribution in [3.63, 3.8) is 0 Å². The number of unbranched alkanes of at least 4 members (excludes halogenated alkanes) is 9. The highest BCUT2D eigenvalue weighted by Crippen LogP contribution is 2.16. The highest BCUT2D eigenvalue weighted by molar-refractivity contribution is 5.32. The highest BCUT2D eigenvalue weighted by atomic mass is 16.5. The fourth-order valence-electron chi connectivity index (χ4n) is 3.06. The molecule has 1 aromatic rings. The minimum absolute atomic E-state index is 0.154. The maximum absolute atomic E-state index is 10.1. The van der Waals surface area contributed by atoms with E-state index in [9.17, 15) is 9.59 Å². The van der Waals surface area contributed by atoms with E-state index in [2.05, 4.69) is 29.7 Å². The van der Waals surface area contributed by atoms with Crippen LogP contribution in [0.25, 0.3) is 0 Å². The first-order valence-corrected chi connectivity index (χ1v) is 12.5. The van der Waals surface area contributed by atoms with Crippen molar-refractivity contribution in [2.75, 3.05) is 39.5 Å². The number of ether oxygens (including phenoxy) is 4. The molecule has 36 heavy (non-hydrogen) atoms. The SMILES string of the molecule is N#COCCCCCCOc1nc(OCCCCCCN=C=O)nc(OCCCCCCN=C=O)n1. The smallest absolute Gasteiger partial charge is 0.325 e. The Morgan fingerprint density at radius 3 is 1.28 bits per heavy atom. The molecule has 0 saturated heterocycles. The summed E-state index contributed by atoms with van der Waals surface area (Å²) in [6.45, 7) is 2.75. The minimum Gasteiger partial charge on any atom is -0.463 e. The van der Waals surface area contributed by atoms with Gasteiger partial charge in [0.2, 0.25) is 12.2 Å². The summed E-state index contributed by atoms with van der Waals surface area (Å²) in [6.07, 6.45) is 15.3. The van der Waals surface area contributed by atoms with Crippen LogP contribution in [-0.2, 0) is 14.3 Å². The Bertz CT molecular complexity index is 787. The molecule has 1 rings (SSSR count). The summed E-state index contributed by atoms with van der Waals surface area (Å²) in [5.41, 5.74) is 0. The second-order valence-corrected chi connectivity index (χ2v) is 7.86. The van der Waals surface area contributed by atoms with E-state index in [4.69, 9.17) is 19.5 Å². The monoisotopic (exact) mass is 504 g/mol. The Morgan fingerprint density at radius 2 is 0.917 bits per heavy atom. The summed E-state index contributed by atoms with van der Waals surface area (Å²) in [6, 6.07) is 0.461. The number of carbonyl (C=O) groups excluding carboxylic acids is 2. The van der Waals surface area contributed by atoms with Crippen molar-refractivity contribution in [1.82, 2.24) is 15.0 Å². The first kappa shape index (κ1) is 30.5. The average Bonchev–Trinajstić information content (AvgIpc) is 2.89. The normalized spacial score (nSPS) is 9.97. The highest BCUT2D eigenvalue weighted by Gasteiger charge is 2.10. The van der Waals surface area contributed by atoms with Gasteiger partial charge in [0.1, 0.15) is 6.61 Å². The molecule has 0 radical (unpaired) electrons. The number of isocyanates is 2. The molecule has 0 bridgehead atoms. The van der Waals surface area contributed by atoms with E-state index in [-0.39, 0.29) is 18.0 Å². The molecule has 12 heteroatoms. The minimum atomic E-state index is 0.154. The van der Waals surface area contributed by atoms with Crippen LogP contribution in [0.1, 0.15) is 77.0 Å². The molecule has 1 heterocycles. The van der Waals surface area contributed by atoms with Gasteiger partial charge in [0.05, 0.1) is 32.9 Å². The van der Waals surface area contributed by atoms with Crippen LogP contribution in [0, 0.1) is 11.5 Å². The molecular formula is C24H36N6O6. The van der Waals surface area contributed by atoms with Gasteiger partial charge in [0.25, 0.3) is 6.26 Å². The third kappa shape index (κ3) is 17.9. The lowest BCUT2D eigenvalue weighted by molar-refractivity contribution is 0.225. The maximum Gasteiger partial charge on any atom is 0.325 e. The van der Waals surface area contributed by atoms with Crippen LogP contribution in [-0.4, -0.2) is 66.6 Å². The van der Waals surface area contributed by atoms with Gasteiger partial charge in [-0.25, -0.2) is 19.6 Å². The number of aromatic nitrogens is 3. The number of hydrogen-bond acceptors (Lipinski definition) is 12. The van der Waals surface area contributed by atoms with Crippen LogP contribution < -0.4 is 14.2 Å². The van der Waals surface area contributed by atoms with Crippen LogP contribution in [0.2, 0.25) is 0 Å². The zero-order valence-corrected chi connectivity index (χ0v) is 20.9. The summed E-state index contributed by atoms with van der Waals surface area (Å²) in [5, 5.41) is 8.36. The third-order valence-corrected chi connectivity index (χ3v) is 4.93. The summed E-state index contributed by atoms with van der Waals surface area (Å²) < 4.78 is 21.7. The van der Waals surface area contributed by atoms with Gasteiger partial charge >= 0.3 is 18.0 Å². The zero-order valence-electron chi connectivity index (χ0n) is 20.9. The van der Waals surface area contributed by atoms with Gasteiger partial charge in [0, 0.05) is 0 Å². The lowest BCUT2D eigenvalue weighted by atomic mass is 10.2. The number of rotatable bonds is 24. The topological polar surface area (TPSA) is 158 Å². The fourth-order valence-corrected chi connectivity index (χ4v) is 3.06. The Balaban J connectivity index is 2.45. The van der Waals surface area contributed by atoms with Crippen molar-refractivity contribution in [2.45, 2.75) is 77.0 Å². The quantitative estimate of drug-likeness (QED) is 0.0875. The molecule has 0 aliphatic heterocycles. The van der Waals surface area contributed by atoms with Crippen molar-refractivity contribution < 1.29 is 28.5 Å². The van der Waals surface area contributed by atoms with E-state index >= 15 is 0 Å². The van der Waals surface area contributed by atoms with Crippen molar-refractivity contribution in [2.24, 2.45) is 9.98 Å². The van der Waals surface area contributed by atoms with Crippen molar-refractivity contribution in [3.05, 3.63) is 0 Å². The second kappa shape index (κ2) is 23.2. The van der Waals surface area contributed by atoms with Crippen LogP contribution >= 0.6 is 0 Å². The first-order valence-electron chi connectivity index (χ1n) is 12.5. The zero-order chi connectivity index (χ0) is 25.9. The Hall–Kier alpha value is -3.54. The summed E-state index contributed by atoms with van der Waals surface area (Å²) in [7, 11) is 0. The predicted octanol–water partition coefficient (Wildman–Crippen LogP) is 3.86. The van der Waals surface area contributed by atoms with Gasteiger partial charge in [-0.3, -0.25) is 0 Å². The van der Waals surface area contributed by atoms with Gasteiger partial charge in [-0.15, -0.1) is 15.0 Å². The molecule has 0 aliphatic carbocycles. The largest absolute Gasteiger partial charge is 0.463 e. The second-order valence-electron chi connectivity index (χ2n) is 7.86. The molecule has 0 N–H and O–H groups in total. The molecule has 0 fully saturated rings. The number of nitrogens with zero attached hydrogens (tertiary/aromatic N) is 6. The van der Waals surface area contributed by atoms with Crippen molar-refractivity contribution in [1.29, 1.82) is 5.26 Å². The van der Waals surface area contributed by atoms with E-state index in [1.54, 1.807) is 6.26 Å². The lowest BCUT2D eigenvalue weighted by Crippen LogP contribution is -2.09.